The molecule has 0 spiro atoms. The molecule has 0 rings (SSSR count). The van der Waals surface area contributed by atoms with Crippen molar-refractivity contribution in [3.63, 3.8) is 0 Å². The van der Waals surface area contributed by atoms with E-state index >= 15 is 0 Å². The molecule has 0 unspecified atom stereocenters. The minimum absolute atomic E-state index is 0.0408. The minimum atomic E-state index is -3.38. The smallest absolute Gasteiger partial charge is 0.254 e. The molecule has 6 heteroatoms. The third-order valence-electron chi connectivity index (χ3n) is 3.38. The average Bonchev–Trinajstić information content (AvgIpc) is 2.33. The summed E-state index contributed by atoms with van der Waals surface area (Å²) in [5, 5.41) is 9.40. The van der Waals surface area contributed by atoms with Gasteiger partial charge in [0.2, 0.25) is 0 Å². The lowest BCUT2D eigenvalue weighted by Crippen LogP contribution is -2.24. The predicted octanol–water partition coefficient (Wildman–Crippen LogP) is 1.49. The first-order valence-electron chi connectivity index (χ1n) is 6.36. The van der Waals surface area contributed by atoms with Crippen LogP contribution in [0, 0.1) is 5.41 Å². The van der Waals surface area contributed by atoms with Gasteiger partial charge in [-0.25, -0.2) is 8.42 Å². The van der Waals surface area contributed by atoms with Crippen molar-refractivity contribution in [1.82, 2.24) is 4.90 Å². The molecule has 0 aliphatic heterocycles. The average molecular weight is 278 g/mol. The van der Waals surface area contributed by atoms with Crippen molar-refractivity contribution in [1.29, 1.82) is 0 Å². The Hall–Kier alpha value is -0.620. The van der Waals surface area contributed by atoms with Crippen LogP contribution in [0.4, 0.5) is 0 Å². The van der Waals surface area contributed by atoms with Crippen LogP contribution in [0.5, 0.6) is 0 Å². The standard InChI is InChI=1S/C12H26N2O3S/c1-5-12(6-2,10-15)8-7-9-18(16,17)13-11-14(3)4/h11,15H,5-10H2,1-4H3. The summed E-state index contributed by atoms with van der Waals surface area (Å²) in [6.07, 6.45) is 4.28. The molecule has 0 bridgehead atoms. The van der Waals surface area contributed by atoms with Crippen molar-refractivity contribution in [3.05, 3.63) is 0 Å². The Morgan fingerprint density at radius 1 is 1.28 bits per heavy atom. The van der Waals surface area contributed by atoms with Crippen molar-refractivity contribution in [2.24, 2.45) is 9.81 Å². The summed E-state index contributed by atoms with van der Waals surface area (Å²) in [6, 6.07) is 0. The first kappa shape index (κ1) is 17.4. The molecule has 18 heavy (non-hydrogen) atoms. The van der Waals surface area contributed by atoms with E-state index in [1.54, 1.807) is 19.0 Å². The van der Waals surface area contributed by atoms with Crippen LogP contribution in [0.25, 0.3) is 0 Å². The Bertz CT molecular complexity index is 338. The number of aliphatic hydroxyl groups is 1. The van der Waals surface area contributed by atoms with Gasteiger partial charge in [-0.05, 0) is 31.1 Å². The van der Waals surface area contributed by atoms with E-state index < -0.39 is 10.0 Å². The van der Waals surface area contributed by atoms with Crippen LogP contribution in [-0.2, 0) is 10.0 Å². The molecule has 0 radical (unpaired) electrons. The van der Waals surface area contributed by atoms with Crippen LogP contribution >= 0.6 is 0 Å². The second kappa shape index (κ2) is 7.74. The number of aliphatic hydroxyl groups excluding tert-OH is 1. The fourth-order valence-electron chi connectivity index (χ4n) is 1.75. The maximum Gasteiger partial charge on any atom is 0.254 e. The fraction of sp³-hybridized carbons (Fsp3) is 0.917. The van der Waals surface area contributed by atoms with Crippen molar-refractivity contribution < 1.29 is 13.5 Å². The van der Waals surface area contributed by atoms with E-state index in [-0.39, 0.29) is 17.8 Å². The summed E-state index contributed by atoms with van der Waals surface area (Å²) < 4.78 is 26.8. The zero-order valence-electron chi connectivity index (χ0n) is 11.9. The summed E-state index contributed by atoms with van der Waals surface area (Å²) in [7, 11) is 0.0747. The molecule has 0 aliphatic rings. The van der Waals surface area contributed by atoms with Gasteiger partial charge in [0.1, 0.15) is 6.34 Å². The highest BCUT2D eigenvalue weighted by molar-refractivity contribution is 7.90. The monoisotopic (exact) mass is 278 g/mol. The van der Waals surface area contributed by atoms with Gasteiger partial charge >= 0.3 is 0 Å². The van der Waals surface area contributed by atoms with Crippen LogP contribution in [-0.4, -0.2) is 51.2 Å². The summed E-state index contributed by atoms with van der Waals surface area (Å²) in [5.74, 6) is 0.0408. The number of nitrogens with zero attached hydrogens (tertiary/aromatic N) is 2. The number of hydrogen-bond acceptors (Lipinski definition) is 3. The van der Waals surface area contributed by atoms with E-state index in [9.17, 15) is 13.5 Å². The van der Waals surface area contributed by atoms with Crippen LogP contribution < -0.4 is 0 Å². The van der Waals surface area contributed by atoms with E-state index in [2.05, 4.69) is 4.40 Å². The SMILES string of the molecule is CCC(CC)(CO)CCCS(=O)(=O)N=CN(C)C. The lowest BCUT2D eigenvalue weighted by Gasteiger charge is -2.29. The van der Waals surface area contributed by atoms with E-state index in [0.717, 1.165) is 12.8 Å². The predicted molar refractivity (Wildman–Crippen MR) is 75.3 cm³/mol. The second-order valence-electron chi connectivity index (χ2n) is 4.94. The maximum atomic E-state index is 11.6. The van der Waals surface area contributed by atoms with Crippen molar-refractivity contribution in [2.45, 2.75) is 39.5 Å². The third kappa shape index (κ3) is 6.35. The van der Waals surface area contributed by atoms with Crippen molar-refractivity contribution in [3.8, 4) is 0 Å². The van der Waals surface area contributed by atoms with Crippen LogP contribution in [0.2, 0.25) is 0 Å². The summed E-state index contributed by atoms with van der Waals surface area (Å²) >= 11 is 0. The molecule has 1 N–H and O–H groups in total. The second-order valence-corrected chi connectivity index (χ2v) is 6.72. The molecule has 0 saturated heterocycles. The number of rotatable bonds is 9. The third-order valence-corrected chi connectivity index (χ3v) is 4.60. The number of hydrogen-bond donors (Lipinski definition) is 1. The molecule has 0 saturated carbocycles. The zero-order chi connectivity index (χ0) is 14.2. The lowest BCUT2D eigenvalue weighted by atomic mass is 9.79. The van der Waals surface area contributed by atoms with E-state index in [0.29, 0.717) is 12.8 Å². The highest BCUT2D eigenvalue weighted by Crippen LogP contribution is 2.31. The minimum Gasteiger partial charge on any atom is -0.396 e. The van der Waals surface area contributed by atoms with E-state index in [4.69, 9.17) is 0 Å². The number of sulfonamides is 1. The molecule has 5 nitrogen and oxygen atoms in total. The van der Waals surface area contributed by atoms with Crippen LogP contribution in [0.1, 0.15) is 39.5 Å². The van der Waals surface area contributed by atoms with Gasteiger partial charge in [0.05, 0.1) is 5.75 Å². The van der Waals surface area contributed by atoms with Gasteiger partial charge in [0.15, 0.2) is 0 Å². The Balaban J connectivity index is 4.34. The van der Waals surface area contributed by atoms with Gasteiger partial charge in [-0.15, -0.1) is 0 Å². The first-order chi connectivity index (χ1) is 8.31. The molecule has 108 valence electrons. The Morgan fingerprint density at radius 2 is 1.83 bits per heavy atom. The largest absolute Gasteiger partial charge is 0.396 e. The van der Waals surface area contributed by atoms with Gasteiger partial charge in [-0.1, -0.05) is 13.8 Å². The van der Waals surface area contributed by atoms with Gasteiger partial charge in [0, 0.05) is 20.7 Å². The molecule has 0 heterocycles. The fourth-order valence-corrected chi connectivity index (χ4v) is 2.70. The normalized spacial score (nSPS) is 13.2. The molecular weight excluding hydrogens is 252 g/mol. The quantitative estimate of drug-likeness (QED) is 0.512. The molecule has 0 aliphatic carbocycles. The Morgan fingerprint density at radius 3 is 2.22 bits per heavy atom. The molecule has 0 amide bonds. The Kier molecular flexibility index (Phi) is 7.47. The zero-order valence-corrected chi connectivity index (χ0v) is 12.7. The van der Waals surface area contributed by atoms with Crippen molar-refractivity contribution in [2.75, 3.05) is 26.5 Å². The van der Waals surface area contributed by atoms with E-state index in [1.165, 1.54) is 6.34 Å². The highest BCUT2D eigenvalue weighted by Gasteiger charge is 2.25. The highest BCUT2D eigenvalue weighted by atomic mass is 32.2. The summed E-state index contributed by atoms with van der Waals surface area (Å²) in [6.45, 7) is 4.16. The molecular formula is C12H26N2O3S. The summed E-state index contributed by atoms with van der Waals surface area (Å²) in [4.78, 5) is 1.59. The van der Waals surface area contributed by atoms with Gasteiger partial charge in [-0.2, -0.15) is 4.40 Å². The van der Waals surface area contributed by atoms with Crippen LogP contribution in [0.3, 0.4) is 0 Å². The molecule has 0 aromatic heterocycles. The maximum absolute atomic E-state index is 11.6. The van der Waals surface area contributed by atoms with Gasteiger partial charge in [-0.3, -0.25) is 0 Å². The van der Waals surface area contributed by atoms with Gasteiger partial charge in [0.25, 0.3) is 10.0 Å². The lowest BCUT2D eigenvalue weighted by molar-refractivity contribution is 0.105. The van der Waals surface area contributed by atoms with Gasteiger partial charge < -0.3 is 10.0 Å². The van der Waals surface area contributed by atoms with E-state index in [1.807, 2.05) is 13.8 Å². The summed E-state index contributed by atoms with van der Waals surface area (Å²) in [5.41, 5.74) is -0.138. The molecule has 0 aromatic carbocycles. The molecule has 0 aromatic rings. The van der Waals surface area contributed by atoms with Crippen molar-refractivity contribution >= 4 is 16.4 Å². The molecule has 0 fully saturated rings. The van der Waals surface area contributed by atoms with Crippen LogP contribution in [0.15, 0.2) is 4.40 Å². The molecule has 0 atom stereocenters. The first-order valence-corrected chi connectivity index (χ1v) is 7.97. The Labute approximate surface area is 111 Å². The topological polar surface area (TPSA) is 70.0 Å².